The number of hydrogen-bond acceptors (Lipinski definition) is 6. The van der Waals surface area contributed by atoms with Crippen LogP contribution in [0, 0.1) is 13.8 Å². The van der Waals surface area contributed by atoms with E-state index in [9.17, 15) is 4.79 Å². The first kappa shape index (κ1) is 19.8. The molecule has 1 aliphatic heterocycles. The Bertz CT molecular complexity index is 1120. The number of aromatic nitrogens is 3. The maximum atomic E-state index is 11.8. The lowest BCUT2D eigenvalue weighted by atomic mass is 10.0. The molecule has 0 aliphatic carbocycles. The maximum absolute atomic E-state index is 11.8. The summed E-state index contributed by atoms with van der Waals surface area (Å²) >= 11 is 0. The highest BCUT2D eigenvalue weighted by molar-refractivity contribution is 6.14. The molecule has 4 rings (SSSR count). The summed E-state index contributed by atoms with van der Waals surface area (Å²) < 4.78 is 12.6. The molecule has 0 fully saturated rings. The lowest BCUT2D eigenvalue weighted by Crippen LogP contribution is -2.10. The Labute approximate surface area is 175 Å². The number of carbonyl (C=O) groups is 1. The smallest absolute Gasteiger partial charge is 0.305 e. The summed E-state index contributed by atoms with van der Waals surface area (Å²) in [6, 6.07) is 9.54. The van der Waals surface area contributed by atoms with Gasteiger partial charge in [-0.3, -0.25) is 19.3 Å². The molecule has 2 aromatic heterocycles. The van der Waals surface area contributed by atoms with Crippen LogP contribution in [0.1, 0.15) is 47.2 Å². The van der Waals surface area contributed by atoms with E-state index < -0.39 is 0 Å². The lowest BCUT2D eigenvalue weighted by molar-refractivity contribution is -0.140. The van der Waals surface area contributed by atoms with Crippen LogP contribution in [0.25, 0.3) is 5.69 Å². The first-order valence-corrected chi connectivity index (χ1v) is 9.83. The van der Waals surface area contributed by atoms with Gasteiger partial charge in [0, 0.05) is 30.1 Å². The zero-order valence-electron chi connectivity index (χ0n) is 17.5. The van der Waals surface area contributed by atoms with Crippen molar-refractivity contribution in [2.24, 2.45) is 4.99 Å². The minimum Gasteiger partial charge on any atom is -0.496 e. The first-order chi connectivity index (χ1) is 14.5. The molecule has 0 saturated heterocycles. The third kappa shape index (κ3) is 3.47. The van der Waals surface area contributed by atoms with Crippen LogP contribution in [0.4, 0.5) is 0 Å². The number of rotatable bonds is 5. The minimum atomic E-state index is -0.312. The van der Waals surface area contributed by atoms with E-state index in [1.165, 1.54) is 7.11 Å². The third-order valence-electron chi connectivity index (χ3n) is 5.31. The van der Waals surface area contributed by atoms with Crippen molar-refractivity contribution in [3.8, 4) is 11.4 Å². The average Bonchev–Trinajstić information content (AvgIpc) is 3.09. The number of carbonyl (C=O) groups excluding carboxylic acids is 1. The Kier molecular flexibility index (Phi) is 5.35. The van der Waals surface area contributed by atoms with Crippen molar-refractivity contribution in [3.05, 3.63) is 71.1 Å². The Morgan fingerprint density at radius 3 is 2.70 bits per heavy atom. The van der Waals surface area contributed by atoms with Crippen molar-refractivity contribution < 1.29 is 14.3 Å². The Balaban J connectivity index is 1.97. The number of benzene rings is 1. The van der Waals surface area contributed by atoms with Gasteiger partial charge in [-0.05, 0) is 50.1 Å². The highest BCUT2D eigenvalue weighted by Gasteiger charge is 2.29. The number of nitrogens with zero attached hydrogens (tertiary/aromatic N) is 4. The third-order valence-corrected chi connectivity index (χ3v) is 5.31. The van der Waals surface area contributed by atoms with Crippen molar-refractivity contribution >= 4 is 11.7 Å². The predicted molar refractivity (Wildman–Crippen MR) is 113 cm³/mol. The first-order valence-electron chi connectivity index (χ1n) is 9.83. The van der Waals surface area contributed by atoms with Gasteiger partial charge in [0.1, 0.15) is 17.6 Å². The molecule has 3 heterocycles. The molecule has 7 nitrogen and oxygen atoms in total. The van der Waals surface area contributed by atoms with E-state index >= 15 is 0 Å². The van der Waals surface area contributed by atoms with E-state index in [0.29, 0.717) is 6.42 Å². The molecule has 1 aliphatic rings. The minimum absolute atomic E-state index is 0.255. The van der Waals surface area contributed by atoms with Gasteiger partial charge in [0.15, 0.2) is 0 Å². The average molecular weight is 404 g/mol. The van der Waals surface area contributed by atoms with Crippen LogP contribution in [-0.4, -0.2) is 40.4 Å². The number of ether oxygens (including phenoxy) is 2. The number of aliphatic imine (C=N–C) groups is 1. The summed E-state index contributed by atoms with van der Waals surface area (Å²) in [6.45, 7) is 4.03. The molecule has 0 saturated carbocycles. The van der Waals surface area contributed by atoms with Crippen LogP contribution < -0.4 is 4.74 Å². The molecular formula is C23H24N4O3. The SMILES string of the molecule is COC(=O)CC[C@@H]1N=C(c2ccccn2)c2cc(OC)c(C)cc2-n2c(C)cnc21. The Morgan fingerprint density at radius 2 is 2.00 bits per heavy atom. The van der Waals surface area contributed by atoms with Crippen molar-refractivity contribution in [2.45, 2.75) is 32.7 Å². The van der Waals surface area contributed by atoms with Crippen LogP contribution in [0.3, 0.4) is 0 Å². The second kappa shape index (κ2) is 8.10. The van der Waals surface area contributed by atoms with Crippen molar-refractivity contribution in [2.75, 3.05) is 14.2 Å². The summed E-state index contributed by atoms with van der Waals surface area (Å²) in [4.78, 5) is 26.1. The molecule has 0 unspecified atom stereocenters. The van der Waals surface area contributed by atoms with Gasteiger partial charge in [-0.1, -0.05) is 6.07 Å². The van der Waals surface area contributed by atoms with Gasteiger partial charge in [-0.15, -0.1) is 0 Å². The van der Waals surface area contributed by atoms with Crippen LogP contribution in [0.5, 0.6) is 5.75 Å². The highest BCUT2D eigenvalue weighted by atomic mass is 16.5. The molecule has 7 heteroatoms. The van der Waals surface area contributed by atoms with Crippen LogP contribution >= 0.6 is 0 Å². The second-order valence-corrected chi connectivity index (χ2v) is 7.26. The van der Waals surface area contributed by atoms with E-state index in [2.05, 4.69) is 20.6 Å². The lowest BCUT2D eigenvalue weighted by Gasteiger charge is -2.16. The molecule has 154 valence electrons. The van der Waals surface area contributed by atoms with Gasteiger partial charge < -0.3 is 9.47 Å². The largest absolute Gasteiger partial charge is 0.496 e. The molecule has 1 aromatic carbocycles. The highest BCUT2D eigenvalue weighted by Crippen LogP contribution is 2.36. The molecule has 0 radical (unpaired) electrons. The van der Waals surface area contributed by atoms with Crippen LogP contribution in [-0.2, 0) is 9.53 Å². The van der Waals surface area contributed by atoms with E-state index in [1.807, 2.05) is 44.3 Å². The second-order valence-electron chi connectivity index (χ2n) is 7.26. The standard InChI is InChI=1S/C23H24N4O3/c1-14-11-19-16(12-20(14)29-3)22(17-7-5-6-10-24-17)26-18(8-9-21(28)30-4)23-25-13-15(2)27(19)23/h5-7,10-13,18H,8-9H2,1-4H3/t18-/m0/s1. The quantitative estimate of drug-likeness (QED) is 0.606. The molecule has 0 N–H and O–H groups in total. The summed E-state index contributed by atoms with van der Waals surface area (Å²) in [7, 11) is 3.06. The molecule has 0 amide bonds. The van der Waals surface area contributed by atoms with Crippen LogP contribution in [0.2, 0.25) is 0 Å². The number of hydrogen-bond donors (Lipinski definition) is 0. The van der Waals surface area contributed by atoms with Gasteiger partial charge in [-0.25, -0.2) is 4.98 Å². The zero-order chi connectivity index (χ0) is 21.3. The Hall–Kier alpha value is -3.48. The van der Waals surface area contributed by atoms with E-state index in [0.717, 1.165) is 45.5 Å². The van der Waals surface area contributed by atoms with Crippen molar-refractivity contribution in [3.63, 3.8) is 0 Å². The maximum Gasteiger partial charge on any atom is 0.305 e. The number of imidazole rings is 1. The normalized spacial score (nSPS) is 14.9. The fraction of sp³-hybridized carbons (Fsp3) is 0.304. The molecule has 0 bridgehead atoms. The summed E-state index contributed by atoms with van der Waals surface area (Å²) in [5, 5.41) is 0. The molecular weight excluding hydrogens is 380 g/mol. The number of esters is 1. The topological polar surface area (TPSA) is 78.6 Å². The molecule has 1 atom stereocenters. The monoisotopic (exact) mass is 404 g/mol. The number of methoxy groups -OCH3 is 2. The molecule has 0 spiro atoms. The van der Waals surface area contributed by atoms with E-state index in [1.54, 1.807) is 13.3 Å². The van der Waals surface area contributed by atoms with Gasteiger partial charge >= 0.3 is 5.97 Å². The number of pyridine rings is 1. The van der Waals surface area contributed by atoms with Gasteiger partial charge in [-0.2, -0.15) is 0 Å². The van der Waals surface area contributed by atoms with Crippen molar-refractivity contribution in [1.29, 1.82) is 0 Å². The molecule has 30 heavy (non-hydrogen) atoms. The fourth-order valence-electron chi connectivity index (χ4n) is 3.81. The summed E-state index contributed by atoms with van der Waals surface area (Å²) in [5.41, 5.74) is 5.42. The van der Waals surface area contributed by atoms with Crippen LogP contribution in [0.15, 0.2) is 47.7 Å². The summed E-state index contributed by atoms with van der Waals surface area (Å²) in [6.07, 6.45) is 4.33. The predicted octanol–water partition coefficient (Wildman–Crippen LogP) is 3.74. The van der Waals surface area contributed by atoms with E-state index in [4.69, 9.17) is 14.5 Å². The zero-order valence-corrected chi connectivity index (χ0v) is 17.5. The van der Waals surface area contributed by atoms with Gasteiger partial charge in [0.05, 0.1) is 31.3 Å². The number of aryl methyl sites for hydroxylation is 2. The number of fused-ring (bicyclic) bond motifs is 3. The molecule has 3 aromatic rings. The summed E-state index contributed by atoms with van der Waals surface area (Å²) in [5.74, 6) is 1.32. The van der Waals surface area contributed by atoms with Gasteiger partial charge in [0.2, 0.25) is 0 Å². The van der Waals surface area contributed by atoms with Crippen molar-refractivity contribution in [1.82, 2.24) is 14.5 Å². The Morgan fingerprint density at radius 1 is 1.17 bits per heavy atom. The van der Waals surface area contributed by atoms with Gasteiger partial charge in [0.25, 0.3) is 0 Å². The fourth-order valence-corrected chi connectivity index (χ4v) is 3.81. The van der Waals surface area contributed by atoms with E-state index in [-0.39, 0.29) is 18.4 Å².